The van der Waals surface area contributed by atoms with Crippen LogP contribution >= 0.6 is 0 Å². The van der Waals surface area contributed by atoms with Gasteiger partial charge in [-0.15, -0.1) is 0 Å². The Morgan fingerprint density at radius 2 is 1.79 bits per heavy atom. The maximum Gasteiger partial charge on any atom is 0.0933 e. The van der Waals surface area contributed by atoms with E-state index < -0.39 is 0 Å². The summed E-state index contributed by atoms with van der Waals surface area (Å²) in [6.07, 6.45) is 1.79. The highest BCUT2D eigenvalue weighted by Gasteiger charge is 2.04. The van der Waals surface area contributed by atoms with Crippen LogP contribution in [0.25, 0.3) is 11.3 Å². The second-order valence-electron chi connectivity index (χ2n) is 3.26. The molecule has 0 amide bonds. The van der Waals surface area contributed by atoms with Crippen LogP contribution in [0, 0.1) is 6.92 Å². The first kappa shape index (κ1) is 8.75. The van der Waals surface area contributed by atoms with Crippen molar-refractivity contribution in [2.75, 3.05) is 5.73 Å². The van der Waals surface area contributed by atoms with Crippen LogP contribution in [0.3, 0.4) is 0 Å². The van der Waals surface area contributed by atoms with Crippen molar-refractivity contribution in [2.45, 2.75) is 6.92 Å². The van der Waals surface area contributed by atoms with E-state index in [-0.39, 0.29) is 0 Å². The summed E-state index contributed by atoms with van der Waals surface area (Å²) in [5.41, 5.74) is 9.71. The number of nitrogens with two attached hydrogens (primary N) is 1. The fourth-order valence-corrected chi connectivity index (χ4v) is 1.40. The zero-order chi connectivity index (χ0) is 9.97. The average molecular weight is 184 g/mol. The zero-order valence-electron chi connectivity index (χ0n) is 8.07. The van der Waals surface area contributed by atoms with Crippen molar-refractivity contribution in [1.82, 2.24) is 4.98 Å². The van der Waals surface area contributed by atoms with Gasteiger partial charge in [-0.25, -0.2) is 0 Å². The molecule has 0 spiro atoms. The summed E-state index contributed by atoms with van der Waals surface area (Å²) in [5.74, 6) is 0. The van der Waals surface area contributed by atoms with Gasteiger partial charge < -0.3 is 5.73 Å². The summed E-state index contributed by atoms with van der Waals surface area (Å²) in [4.78, 5) is 4.28. The first-order valence-electron chi connectivity index (χ1n) is 4.55. The van der Waals surface area contributed by atoms with Crippen molar-refractivity contribution in [3.05, 3.63) is 48.2 Å². The molecule has 0 saturated carbocycles. The van der Waals surface area contributed by atoms with E-state index in [1.165, 1.54) is 0 Å². The molecule has 0 saturated heterocycles. The Morgan fingerprint density at radius 1 is 1.07 bits per heavy atom. The molecule has 0 unspecified atom stereocenters. The topological polar surface area (TPSA) is 38.9 Å². The van der Waals surface area contributed by atoms with E-state index in [2.05, 4.69) is 4.98 Å². The van der Waals surface area contributed by atoms with E-state index in [1.54, 1.807) is 6.20 Å². The van der Waals surface area contributed by atoms with Gasteiger partial charge in [0, 0.05) is 11.8 Å². The third-order valence-corrected chi connectivity index (χ3v) is 2.26. The standard InChI is InChI=1S/C12H12N2/c1-9-7-8-14-12(11(9)13)10-5-3-2-4-6-10/h2-8H,13H2,1H3. The molecule has 0 atom stereocenters. The maximum absolute atomic E-state index is 5.95. The van der Waals surface area contributed by atoms with E-state index in [4.69, 9.17) is 5.73 Å². The predicted octanol–water partition coefficient (Wildman–Crippen LogP) is 2.64. The van der Waals surface area contributed by atoms with E-state index in [9.17, 15) is 0 Å². The van der Waals surface area contributed by atoms with Crippen LogP contribution in [0.15, 0.2) is 42.6 Å². The van der Waals surface area contributed by atoms with E-state index in [0.717, 1.165) is 22.5 Å². The van der Waals surface area contributed by atoms with Crippen LogP contribution in [0.4, 0.5) is 5.69 Å². The lowest BCUT2D eigenvalue weighted by molar-refractivity contribution is 1.29. The molecule has 2 N–H and O–H groups in total. The fraction of sp³-hybridized carbons (Fsp3) is 0.0833. The average Bonchev–Trinajstić information content (AvgIpc) is 2.23. The second kappa shape index (κ2) is 3.50. The zero-order valence-corrected chi connectivity index (χ0v) is 8.07. The number of hydrogen-bond donors (Lipinski definition) is 1. The fourth-order valence-electron chi connectivity index (χ4n) is 1.40. The lowest BCUT2D eigenvalue weighted by atomic mass is 10.1. The number of nitrogen functional groups attached to an aromatic ring is 1. The largest absolute Gasteiger partial charge is 0.397 e. The van der Waals surface area contributed by atoms with Gasteiger partial charge in [-0.05, 0) is 18.6 Å². The van der Waals surface area contributed by atoms with Crippen molar-refractivity contribution in [3.8, 4) is 11.3 Å². The van der Waals surface area contributed by atoms with Crippen molar-refractivity contribution >= 4 is 5.69 Å². The van der Waals surface area contributed by atoms with Crippen LogP contribution in [0.2, 0.25) is 0 Å². The number of rotatable bonds is 1. The third-order valence-electron chi connectivity index (χ3n) is 2.26. The Hall–Kier alpha value is -1.83. The Kier molecular flexibility index (Phi) is 2.19. The van der Waals surface area contributed by atoms with E-state index in [0.29, 0.717) is 0 Å². The van der Waals surface area contributed by atoms with Crippen molar-refractivity contribution in [1.29, 1.82) is 0 Å². The maximum atomic E-state index is 5.95. The quantitative estimate of drug-likeness (QED) is 0.740. The van der Waals surface area contributed by atoms with Gasteiger partial charge in [-0.1, -0.05) is 30.3 Å². The molecule has 1 heterocycles. The molecule has 1 aromatic carbocycles. The Balaban J connectivity index is 2.58. The Morgan fingerprint density at radius 3 is 2.50 bits per heavy atom. The smallest absolute Gasteiger partial charge is 0.0933 e. The Labute approximate surface area is 83.4 Å². The van der Waals surface area contributed by atoms with Crippen LogP contribution in [-0.4, -0.2) is 4.98 Å². The van der Waals surface area contributed by atoms with Gasteiger partial charge in [0.1, 0.15) is 0 Å². The van der Waals surface area contributed by atoms with Crippen LogP contribution in [0.5, 0.6) is 0 Å². The highest BCUT2D eigenvalue weighted by Crippen LogP contribution is 2.24. The Bertz CT molecular complexity index is 435. The molecule has 14 heavy (non-hydrogen) atoms. The van der Waals surface area contributed by atoms with Gasteiger partial charge in [0.05, 0.1) is 11.4 Å². The van der Waals surface area contributed by atoms with Crippen LogP contribution in [0.1, 0.15) is 5.56 Å². The highest BCUT2D eigenvalue weighted by molar-refractivity contribution is 5.74. The normalized spacial score (nSPS) is 10.1. The number of pyridine rings is 1. The molecule has 70 valence electrons. The monoisotopic (exact) mass is 184 g/mol. The summed E-state index contributed by atoms with van der Waals surface area (Å²) in [6.45, 7) is 1.99. The van der Waals surface area contributed by atoms with Crippen molar-refractivity contribution in [3.63, 3.8) is 0 Å². The first-order valence-corrected chi connectivity index (χ1v) is 4.55. The number of anilines is 1. The van der Waals surface area contributed by atoms with Gasteiger partial charge in [-0.2, -0.15) is 0 Å². The number of nitrogens with zero attached hydrogens (tertiary/aromatic N) is 1. The summed E-state index contributed by atoms with van der Waals surface area (Å²) in [5, 5.41) is 0. The van der Waals surface area contributed by atoms with E-state index >= 15 is 0 Å². The molecule has 2 rings (SSSR count). The van der Waals surface area contributed by atoms with Gasteiger partial charge in [0.25, 0.3) is 0 Å². The molecule has 0 fully saturated rings. The minimum absolute atomic E-state index is 0.763. The number of hydrogen-bond acceptors (Lipinski definition) is 2. The highest BCUT2D eigenvalue weighted by atomic mass is 14.7. The minimum atomic E-state index is 0.763. The number of aromatic nitrogens is 1. The second-order valence-corrected chi connectivity index (χ2v) is 3.26. The SMILES string of the molecule is Cc1ccnc(-c2ccccc2)c1N. The third kappa shape index (κ3) is 1.46. The lowest BCUT2D eigenvalue weighted by Gasteiger charge is -2.06. The van der Waals surface area contributed by atoms with Crippen LogP contribution in [-0.2, 0) is 0 Å². The van der Waals surface area contributed by atoms with Gasteiger partial charge in [0.15, 0.2) is 0 Å². The summed E-state index contributed by atoms with van der Waals surface area (Å²) in [6, 6.07) is 11.9. The predicted molar refractivity (Wildman–Crippen MR) is 58.8 cm³/mol. The summed E-state index contributed by atoms with van der Waals surface area (Å²) < 4.78 is 0. The van der Waals surface area contributed by atoms with Crippen LogP contribution < -0.4 is 5.73 Å². The van der Waals surface area contributed by atoms with Crippen molar-refractivity contribution in [2.24, 2.45) is 0 Å². The molecule has 1 aromatic heterocycles. The van der Waals surface area contributed by atoms with E-state index in [1.807, 2.05) is 43.3 Å². The molecule has 2 heteroatoms. The lowest BCUT2D eigenvalue weighted by Crippen LogP contribution is -1.95. The summed E-state index contributed by atoms with van der Waals surface area (Å²) >= 11 is 0. The molecule has 0 aliphatic heterocycles. The number of aryl methyl sites for hydroxylation is 1. The first-order chi connectivity index (χ1) is 6.79. The molecule has 0 aliphatic rings. The molecule has 0 aliphatic carbocycles. The molecule has 0 bridgehead atoms. The molecular formula is C12H12N2. The van der Waals surface area contributed by atoms with Gasteiger partial charge in [-0.3, -0.25) is 4.98 Å². The summed E-state index contributed by atoms with van der Waals surface area (Å²) in [7, 11) is 0. The van der Waals surface area contributed by atoms with Gasteiger partial charge in [0.2, 0.25) is 0 Å². The molecule has 2 nitrogen and oxygen atoms in total. The molecular weight excluding hydrogens is 172 g/mol. The van der Waals surface area contributed by atoms with Gasteiger partial charge >= 0.3 is 0 Å². The minimum Gasteiger partial charge on any atom is -0.397 e. The van der Waals surface area contributed by atoms with Crippen molar-refractivity contribution < 1.29 is 0 Å². The molecule has 0 radical (unpaired) electrons. The number of benzene rings is 1. The molecule has 2 aromatic rings.